The Kier molecular flexibility index (Phi) is 2.67. The molecule has 0 aliphatic heterocycles. The van der Waals surface area contributed by atoms with Crippen molar-refractivity contribution in [2.45, 2.75) is 65.2 Å². The predicted octanol–water partition coefficient (Wildman–Crippen LogP) is 5.38. The summed E-state index contributed by atoms with van der Waals surface area (Å²) in [5.74, 6) is 11.5. The molecule has 5 aliphatic rings. The molecular formula is C20H32. The monoisotopic (exact) mass is 272 g/mol. The lowest BCUT2D eigenvalue weighted by atomic mass is 9.57. The standard InChI is InChI=1S/C20H32/c1-11(3-4-13-5-6-13)16-8-14-9-18-17-7-12(2)15(17)10-19(18)20(14)16/h11-20H,3-10H2,1-2H3. The van der Waals surface area contributed by atoms with E-state index in [0.29, 0.717) is 0 Å². The number of hydrogen-bond donors (Lipinski definition) is 0. The Morgan fingerprint density at radius 3 is 2.45 bits per heavy atom. The quantitative estimate of drug-likeness (QED) is 0.645. The summed E-state index contributed by atoms with van der Waals surface area (Å²) in [7, 11) is 0. The van der Waals surface area contributed by atoms with Crippen molar-refractivity contribution in [3.8, 4) is 0 Å². The van der Waals surface area contributed by atoms with Gasteiger partial charge in [-0.1, -0.05) is 39.5 Å². The predicted molar refractivity (Wildman–Crippen MR) is 83.2 cm³/mol. The second-order valence-electron chi connectivity index (χ2n) is 9.57. The van der Waals surface area contributed by atoms with Crippen LogP contribution in [-0.4, -0.2) is 0 Å². The van der Waals surface area contributed by atoms with E-state index in [9.17, 15) is 0 Å². The van der Waals surface area contributed by atoms with Crippen molar-refractivity contribution >= 4 is 0 Å². The van der Waals surface area contributed by atoms with Crippen molar-refractivity contribution in [3.05, 3.63) is 0 Å². The Labute approximate surface area is 125 Å². The molecule has 0 heterocycles. The van der Waals surface area contributed by atoms with Crippen LogP contribution in [0.5, 0.6) is 0 Å². The molecule has 0 aromatic carbocycles. The number of rotatable bonds is 4. The van der Waals surface area contributed by atoms with Gasteiger partial charge in [-0.2, -0.15) is 0 Å². The summed E-state index contributed by atoms with van der Waals surface area (Å²) in [6.45, 7) is 5.12. The minimum atomic E-state index is 1.05. The molecular weight excluding hydrogens is 240 g/mol. The summed E-state index contributed by atoms with van der Waals surface area (Å²) in [6.07, 6.45) is 12.7. The fourth-order valence-electron chi connectivity index (χ4n) is 7.32. The molecule has 112 valence electrons. The van der Waals surface area contributed by atoms with Gasteiger partial charge in [0.2, 0.25) is 0 Å². The molecule has 0 N–H and O–H groups in total. The van der Waals surface area contributed by atoms with Crippen LogP contribution in [0.4, 0.5) is 0 Å². The van der Waals surface area contributed by atoms with Crippen LogP contribution in [0.3, 0.4) is 0 Å². The Morgan fingerprint density at radius 2 is 1.70 bits per heavy atom. The van der Waals surface area contributed by atoms with Gasteiger partial charge < -0.3 is 0 Å². The highest BCUT2D eigenvalue weighted by atomic mass is 14.7. The van der Waals surface area contributed by atoms with Gasteiger partial charge in [0, 0.05) is 0 Å². The minimum absolute atomic E-state index is 1.05. The largest absolute Gasteiger partial charge is 0.0622 e. The maximum Gasteiger partial charge on any atom is -0.0323 e. The molecule has 0 aromatic rings. The first kappa shape index (κ1) is 12.5. The molecule has 0 amide bonds. The topological polar surface area (TPSA) is 0 Å². The molecule has 20 heavy (non-hydrogen) atoms. The minimum Gasteiger partial charge on any atom is -0.0622 e. The van der Waals surface area contributed by atoms with Crippen molar-refractivity contribution in [2.75, 3.05) is 0 Å². The van der Waals surface area contributed by atoms with Crippen LogP contribution < -0.4 is 0 Å². The molecule has 0 nitrogen and oxygen atoms in total. The molecule has 5 saturated carbocycles. The molecule has 0 heteroatoms. The van der Waals surface area contributed by atoms with E-state index in [2.05, 4.69) is 13.8 Å². The van der Waals surface area contributed by atoms with Crippen molar-refractivity contribution < 1.29 is 0 Å². The van der Waals surface area contributed by atoms with Crippen molar-refractivity contribution in [1.82, 2.24) is 0 Å². The van der Waals surface area contributed by atoms with Gasteiger partial charge in [-0.3, -0.25) is 0 Å². The maximum absolute atomic E-state index is 2.60. The van der Waals surface area contributed by atoms with E-state index < -0.39 is 0 Å². The summed E-state index contributed by atoms with van der Waals surface area (Å²) >= 11 is 0. The van der Waals surface area contributed by atoms with Crippen LogP contribution in [0.15, 0.2) is 0 Å². The zero-order valence-electron chi connectivity index (χ0n) is 13.4. The summed E-state index contributed by atoms with van der Waals surface area (Å²) in [4.78, 5) is 0. The van der Waals surface area contributed by atoms with Gasteiger partial charge in [-0.25, -0.2) is 0 Å². The van der Waals surface area contributed by atoms with Crippen LogP contribution >= 0.6 is 0 Å². The lowest BCUT2D eigenvalue weighted by molar-refractivity contribution is 0.0119. The lowest BCUT2D eigenvalue weighted by Crippen LogP contribution is -2.40. The molecule has 9 unspecified atom stereocenters. The Hall–Kier alpha value is 0. The lowest BCUT2D eigenvalue weighted by Gasteiger charge is -2.48. The molecule has 5 aliphatic carbocycles. The smallest absolute Gasteiger partial charge is 0.0323 e. The van der Waals surface area contributed by atoms with Crippen LogP contribution in [0, 0.1) is 59.2 Å². The van der Waals surface area contributed by atoms with Gasteiger partial charge in [0.25, 0.3) is 0 Å². The first-order chi connectivity index (χ1) is 9.72. The zero-order chi connectivity index (χ0) is 13.4. The fraction of sp³-hybridized carbons (Fsp3) is 1.00. The van der Waals surface area contributed by atoms with E-state index in [0.717, 1.165) is 29.6 Å². The second-order valence-corrected chi connectivity index (χ2v) is 9.57. The number of hydrogen-bond acceptors (Lipinski definition) is 0. The van der Waals surface area contributed by atoms with Crippen LogP contribution in [0.2, 0.25) is 0 Å². The zero-order valence-corrected chi connectivity index (χ0v) is 13.4. The normalized spacial score (nSPS) is 57.3. The van der Waals surface area contributed by atoms with E-state index in [1.807, 2.05) is 0 Å². The van der Waals surface area contributed by atoms with Crippen LogP contribution in [0.25, 0.3) is 0 Å². The van der Waals surface area contributed by atoms with Crippen molar-refractivity contribution in [2.24, 2.45) is 59.2 Å². The van der Waals surface area contributed by atoms with Crippen molar-refractivity contribution in [3.63, 3.8) is 0 Å². The summed E-state index contributed by atoms with van der Waals surface area (Å²) in [6, 6.07) is 0. The average Bonchev–Trinajstić information content (AvgIpc) is 3.13. The van der Waals surface area contributed by atoms with E-state index in [1.165, 1.54) is 29.6 Å². The molecule has 0 spiro atoms. The Morgan fingerprint density at radius 1 is 0.900 bits per heavy atom. The highest BCUT2D eigenvalue weighted by molar-refractivity contribution is 5.11. The fourth-order valence-corrected chi connectivity index (χ4v) is 7.32. The first-order valence-corrected chi connectivity index (χ1v) is 9.72. The van der Waals surface area contributed by atoms with Gasteiger partial charge in [0.05, 0.1) is 0 Å². The maximum atomic E-state index is 2.60. The van der Waals surface area contributed by atoms with Gasteiger partial charge in [0.1, 0.15) is 0 Å². The second kappa shape index (κ2) is 4.26. The highest BCUT2D eigenvalue weighted by Crippen LogP contribution is 2.70. The molecule has 5 rings (SSSR count). The Bertz CT molecular complexity index is 395. The van der Waals surface area contributed by atoms with E-state index in [-0.39, 0.29) is 0 Å². The van der Waals surface area contributed by atoms with E-state index in [4.69, 9.17) is 0 Å². The SMILES string of the molecule is CC1CC2C1CC1C2CC2CC(C(C)CCC3CC3)C21. The third-order valence-electron chi connectivity index (χ3n) is 8.71. The summed E-state index contributed by atoms with van der Waals surface area (Å²) in [5.41, 5.74) is 0. The average molecular weight is 272 g/mol. The summed E-state index contributed by atoms with van der Waals surface area (Å²) in [5, 5.41) is 0. The summed E-state index contributed by atoms with van der Waals surface area (Å²) < 4.78 is 0. The van der Waals surface area contributed by atoms with Gasteiger partial charge in [-0.05, 0) is 84.9 Å². The van der Waals surface area contributed by atoms with E-state index >= 15 is 0 Å². The van der Waals surface area contributed by atoms with Gasteiger partial charge in [-0.15, -0.1) is 0 Å². The van der Waals surface area contributed by atoms with Crippen molar-refractivity contribution in [1.29, 1.82) is 0 Å². The van der Waals surface area contributed by atoms with Crippen LogP contribution in [0.1, 0.15) is 65.2 Å². The molecule has 0 bridgehead atoms. The third kappa shape index (κ3) is 1.66. The molecule has 0 radical (unpaired) electrons. The highest BCUT2D eigenvalue weighted by Gasteiger charge is 2.63. The molecule has 9 atom stereocenters. The Balaban J connectivity index is 1.24. The third-order valence-corrected chi connectivity index (χ3v) is 8.71. The van der Waals surface area contributed by atoms with Gasteiger partial charge >= 0.3 is 0 Å². The first-order valence-electron chi connectivity index (χ1n) is 9.72. The van der Waals surface area contributed by atoms with Gasteiger partial charge in [0.15, 0.2) is 0 Å². The van der Waals surface area contributed by atoms with Crippen LogP contribution in [-0.2, 0) is 0 Å². The molecule has 5 fully saturated rings. The molecule has 0 saturated heterocycles. The van der Waals surface area contributed by atoms with E-state index in [1.54, 1.807) is 51.4 Å². The molecule has 0 aromatic heterocycles. The number of fused-ring (bicyclic) bond motifs is 5.